The number of aryl methyl sites for hydroxylation is 1. The molecule has 0 aromatic heterocycles. The highest BCUT2D eigenvalue weighted by Crippen LogP contribution is 2.48. The molecule has 9 nitrogen and oxygen atoms in total. The van der Waals surface area contributed by atoms with Gasteiger partial charge in [-0.1, -0.05) is 29.8 Å². The van der Waals surface area contributed by atoms with Crippen LogP contribution in [0.2, 0.25) is 0 Å². The summed E-state index contributed by atoms with van der Waals surface area (Å²) in [7, 11) is -4.09. The molecule has 1 saturated carbocycles. The first-order valence-electron chi connectivity index (χ1n) is 8.29. The van der Waals surface area contributed by atoms with Crippen molar-refractivity contribution in [3.8, 4) is 0 Å². The van der Waals surface area contributed by atoms with Gasteiger partial charge in [0.25, 0.3) is 10.0 Å². The molecular formula is C17H19N3O6S. The highest BCUT2D eigenvalue weighted by atomic mass is 32.2. The van der Waals surface area contributed by atoms with Crippen molar-refractivity contribution < 1.29 is 27.9 Å². The van der Waals surface area contributed by atoms with Crippen LogP contribution >= 0.6 is 0 Å². The van der Waals surface area contributed by atoms with Gasteiger partial charge >= 0.3 is 12.0 Å². The van der Waals surface area contributed by atoms with Gasteiger partial charge in [-0.25, -0.2) is 23.4 Å². The molecular weight excluding hydrogens is 374 g/mol. The van der Waals surface area contributed by atoms with Gasteiger partial charge in [0.05, 0.1) is 16.7 Å². The molecule has 2 bridgehead atoms. The minimum Gasteiger partial charge on any atom is -0.481 e. The molecule has 0 heterocycles. The lowest BCUT2D eigenvalue weighted by Crippen LogP contribution is -2.52. The molecule has 0 unspecified atom stereocenters. The Morgan fingerprint density at radius 1 is 1.00 bits per heavy atom. The van der Waals surface area contributed by atoms with E-state index in [-0.39, 0.29) is 16.7 Å². The average molecular weight is 393 g/mol. The van der Waals surface area contributed by atoms with Crippen LogP contribution in [0.1, 0.15) is 12.0 Å². The van der Waals surface area contributed by atoms with Crippen LogP contribution in [-0.2, 0) is 19.6 Å². The van der Waals surface area contributed by atoms with Crippen molar-refractivity contribution in [2.45, 2.75) is 18.2 Å². The smallest absolute Gasteiger partial charge is 0.347 e. The number of urea groups is 1. The maximum atomic E-state index is 12.3. The number of benzene rings is 1. The number of hydrazine groups is 1. The number of amides is 3. The molecule has 3 amide bonds. The van der Waals surface area contributed by atoms with Gasteiger partial charge in [-0.3, -0.25) is 15.0 Å². The Hall–Kier alpha value is -2.88. The quantitative estimate of drug-likeness (QED) is 0.434. The molecule has 0 saturated heterocycles. The number of aliphatic carboxylic acids is 1. The van der Waals surface area contributed by atoms with E-state index in [0.29, 0.717) is 6.42 Å². The Morgan fingerprint density at radius 3 is 2.19 bits per heavy atom. The zero-order chi connectivity index (χ0) is 19.8. The monoisotopic (exact) mass is 393 g/mol. The van der Waals surface area contributed by atoms with Crippen LogP contribution < -0.4 is 15.6 Å². The summed E-state index contributed by atoms with van der Waals surface area (Å²) in [5, 5.41) is 9.34. The van der Waals surface area contributed by atoms with Crippen molar-refractivity contribution in [2.75, 3.05) is 0 Å². The molecule has 0 spiro atoms. The Bertz CT molecular complexity index is 909. The van der Waals surface area contributed by atoms with Gasteiger partial charge in [-0.05, 0) is 37.3 Å². The molecule has 2 aliphatic carbocycles. The highest BCUT2D eigenvalue weighted by molar-refractivity contribution is 7.90. The molecule has 10 heteroatoms. The van der Waals surface area contributed by atoms with Crippen molar-refractivity contribution in [1.82, 2.24) is 15.6 Å². The summed E-state index contributed by atoms with van der Waals surface area (Å²) in [6.07, 6.45) is 4.17. The van der Waals surface area contributed by atoms with E-state index in [1.807, 2.05) is 5.43 Å². The van der Waals surface area contributed by atoms with Crippen LogP contribution in [0.3, 0.4) is 0 Å². The van der Waals surface area contributed by atoms with Crippen LogP contribution in [0.5, 0.6) is 0 Å². The standard InChI is InChI=1S/C17H19N3O6S/c1-9-2-6-12(7-3-9)27(25,26)20-17(24)19-18-15(21)13-10-4-5-11(8-10)14(13)16(22)23/h2-7,10-11,13-14H,8H2,1H3,(H,18,21)(H,22,23)(H2,19,20,24)/t10-,11-,13-,14+/m0/s1. The first kappa shape index (κ1) is 18.9. The van der Waals surface area contributed by atoms with E-state index in [1.165, 1.54) is 12.1 Å². The minimum atomic E-state index is -4.09. The number of carboxylic acids is 1. The molecule has 1 aromatic rings. The fraction of sp³-hybridized carbons (Fsp3) is 0.353. The lowest BCUT2D eigenvalue weighted by atomic mass is 9.82. The Morgan fingerprint density at radius 2 is 1.59 bits per heavy atom. The van der Waals surface area contributed by atoms with E-state index in [2.05, 4.69) is 5.43 Å². The van der Waals surface area contributed by atoms with Gasteiger partial charge in [-0.15, -0.1) is 0 Å². The van der Waals surface area contributed by atoms with E-state index in [1.54, 1.807) is 35.9 Å². The van der Waals surface area contributed by atoms with Crippen molar-refractivity contribution >= 4 is 27.9 Å². The second-order valence-corrected chi connectivity index (χ2v) is 8.38. The third-order valence-electron chi connectivity index (χ3n) is 4.90. The molecule has 27 heavy (non-hydrogen) atoms. The summed E-state index contributed by atoms with van der Waals surface area (Å²) in [5.41, 5.74) is 4.94. The Kier molecular flexibility index (Phi) is 4.92. The summed E-state index contributed by atoms with van der Waals surface area (Å²) in [5.74, 6) is -3.83. The molecule has 1 fully saturated rings. The van der Waals surface area contributed by atoms with Gasteiger partial charge in [0, 0.05) is 0 Å². The number of hydrogen-bond acceptors (Lipinski definition) is 5. The van der Waals surface area contributed by atoms with Crippen LogP contribution in [0.15, 0.2) is 41.3 Å². The van der Waals surface area contributed by atoms with Crippen LogP contribution in [-0.4, -0.2) is 31.4 Å². The highest BCUT2D eigenvalue weighted by Gasteiger charge is 2.51. The normalized spacial score (nSPS) is 25.8. The van der Waals surface area contributed by atoms with E-state index < -0.39 is 39.8 Å². The summed E-state index contributed by atoms with van der Waals surface area (Å²) >= 11 is 0. The molecule has 0 radical (unpaired) electrons. The zero-order valence-corrected chi connectivity index (χ0v) is 15.2. The van der Waals surface area contributed by atoms with Gasteiger partial charge in [0.1, 0.15) is 0 Å². The number of hydrogen-bond donors (Lipinski definition) is 4. The van der Waals surface area contributed by atoms with E-state index in [0.717, 1.165) is 5.56 Å². The average Bonchev–Trinajstić information content (AvgIpc) is 3.21. The Balaban J connectivity index is 1.59. The number of carbonyl (C=O) groups is 3. The summed E-state index contributed by atoms with van der Waals surface area (Å²) < 4.78 is 26.0. The van der Waals surface area contributed by atoms with Gasteiger partial charge in [0.15, 0.2) is 0 Å². The first-order valence-corrected chi connectivity index (χ1v) is 9.78. The summed E-state index contributed by atoms with van der Waals surface area (Å²) in [6, 6.07) is 4.73. The maximum absolute atomic E-state index is 12.3. The molecule has 3 rings (SSSR count). The SMILES string of the molecule is Cc1ccc(S(=O)(=O)NC(=O)NNC(=O)[C@@H]2[C@H](C(=O)O)[C@H]3C=C[C@H]2C3)cc1. The van der Waals surface area contributed by atoms with E-state index in [9.17, 15) is 27.9 Å². The minimum absolute atomic E-state index is 0.0984. The lowest BCUT2D eigenvalue weighted by Gasteiger charge is -2.23. The topological polar surface area (TPSA) is 142 Å². The fourth-order valence-corrected chi connectivity index (χ4v) is 4.55. The largest absolute Gasteiger partial charge is 0.481 e. The van der Waals surface area contributed by atoms with Gasteiger partial charge < -0.3 is 5.11 Å². The number of allylic oxidation sites excluding steroid dienone is 2. The lowest BCUT2D eigenvalue weighted by molar-refractivity contribution is -0.147. The molecule has 1 aromatic carbocycles. The van der Waals surface area contributed by atoms with E-state index in [4.69, 9.17) is 0 Å². The summed E-state index contributed by atoms with van der Waals surface area (Å²) in [6.45, 7) is 1.79. The molecule has 4 atom stereocenters. The van der Waals surface area contributed by atoms with Crippen molar-refractivity contribution in [2.24, 2.45) is 23.7 Å². The van der Waals surface area contributed by atoms with Gasteiger partial charge in [0.2, 0.25) is 5.91 Å². The van der Waals surface area contributed by atoms with Crippen molar-refractivity contribution in [3.05, 3.63) is 42.0 Å². The summed E-state index contributed by atoms with van der Waals surface area (Å²) in [4.78, 5) is 35.5. The van der Waals surface area contributed by atoms with Crippen molar-refractivity contribution in [1.29, 1.82) is 0 Å². The second kappa shape index (κ2) is 7.03. The van der Waals surface area contributed by atoms with Crippen molar-refractivity contribution in [3.63, 3.8) is 0 Å². The number of rotatable bonds is 4. The molecule has 144 valence electrons. The molecule has 4 N–H and O–H groups in total. The first-order chi connectivity index (χ1) is 12.7. The number of carboxylic acid groups (broad SMARTS) is 1. The molecule has 2 aliphatic rings. The third kappa shape index (κ3) is 3.80. The number of sulfonamides is 1. The second-order valence-electron chi connectivity index (χ2n) is 6.70. The van der Waals surface area contributed by atoms with Crippen LogP contribution in [0.4, 0.5) is 4.79 Å². The number of nitrogens with one attached hydrogen (secondary N) is 3. The van der Waals surface area contributed by atoms with Gasteiger partial charge in [-0.2, -0.15) is 0 Å². The van der Waals surface area contributed by atoms with Crippen LogP contribution in [0, 0.1) is 30.6 Å². The number of fused-ring (bicyclic) bond motifs is 2. The Labute approximate surface area is 155 Å². The predicted octanol–water partition coefficient (Wildman–Crippen LogP) is 0.537. The zero-order valence-electron chi connectivity index (χ0n) is 14.4. The number of carbonyl (C=O) groups excluding carboxylic acids is 2. The fourth-order valence-electron chi connectivity index (χ4n) is 3.64. The van der Waals surface area contributed by atoms with Crippen LogP contribution in [0.25, 0.3) is 0 Å². The maximum Gasteiger partial charge on any atom is 0.347 e. The predicted molar refractivity (Wildman–Crippen MR) is 93.5 cm³/mol. The third-order valence-corrected chi connectivity index (χ3v) is 6.25. The molecule has 0 aliphatic heterocycles. The van der Waals surface area contributed by atoms with E-state index >= 15 is 0 Å².